The molecular weight excluding hydrogens is 96.1 g/mol. The third kappa shape index (κ3) is 1.04. The molecule has 0 heteroatoms. The van der Waals surface area contributed by atoms with Crippen molar-refractivity contribution in [2.45, 2.75) is 32.6 Å². The molecule has 0 saturated heterocycles. The van der Waals surface area contributed by atoms with Gasteiger partial charge in [0, 0.05) is 0 Å². The molecule has 1 radical (unpaired) electrons. The Morgan fingerprint density at radius 2 is 2.25 bits per heavy atom. The zero-order valence-corrected chi connectivity index (χ0v) is 5.69. The van der Waals surface area contributed by atoms with Crippen LogP contribution in [0.5, 0.6) is 0 Å². The minimum absolute atomic E-state index is 0.778. The molecule has 1 saturated carbocycles. The molecule has 1 aliphatic carbocycles. The van der Waals surface area contributed by atoms with Gasteiger partial charge in [0.05, 0.1) is 0 Å². The smallest absolute Gasteiger partial charge is 0.0386 e. The highest BCUT2D eigenvalue weighted by molar-refractivity contribution is 4.77. The summed E-state index contributed by atoms with van der Waals surface area (Å²) in [4.78, 5) is 0. The lowest BCUT2D eigenvalue weighted by Gasteiger charge is -2.10. The first-order valence-electron chi connectivity index (χ1n) is 3.67. The zero-order valence-electron chi connectivity index (χ0n) is 5.69. The average Bonchev–Trinajstić information content (AvgIpc) is 2.14. The lowest BCUT2D eigenvalue weighted by molar-refractivity contribution is 0.442. The van der Waals surface area contributed by atoms with Gasteiger partial charge in [-0.15, -0.1) is 0 Å². The van der Waals surface area contributed by atoms with Crippen LogP contribution < -0.4 is 0 Å². The molecule has 47 valence electrons. The highest BCUT2D eigenvalue weighted by Crippen LogP contribution is 2.32. The molecule has 0 nitrogen and oxygen atoms in total. The van der Waals surface area contributed by atoms with Crippen molar-refractivity contribution in [2.24, 2.45) is 11.8 Å². The first-order chi connectivity index (χ1) is 3.84. The Morgan fingerprint density at radius 3 is 2.50 bits per heavy atom. The maximum Gasteiger partial charge on any atom is -0.0386 e. The Hall–Kier alpha value is 0. The minimum Gasteiger partial charge on any atom is -0.0651 e. The van der Waals surface area contributed by atoms with Gasteiger partial charge in [0.2, 0.25) is 0 Å². The maximum atomic E-state index is 4.09. The van der Waals surface area contributed by atoms with Crippen LogP contribution in [0.2, 0.25) is 0 Å². The van der Waals surface area contributed by atoms with Gasteiger partial charge in [0.1, 0.15) is 0 Å². The third-order valence-electron chi connectivity index (χ3n) is 2.34. The summed E-state index contributed by atoms with van der Waals surface area (Å²) in [6.07, 6.45) is 5.57. The van der Waals surface area contributed by atoms with Crippen LogP contribution >= 0.6 is 0 Å². The molecule has 0 aromatic carbocycles. The van der Waals surface area contributed by atoms with Crippen LogP contribution in [0.15, 0.2) is 0 Å². The lowest BCUT2D eigenvalue weighted by atomic mass is 9.96. The molecule has 0 amide bonds. The normalized spacial score (nSPS) is 38.2. The molecule has 0 N–H and O–H groups in total. The van der Waals surface area contributed by atoms with Gasteiger partial charge in [0.15, 0.2) is 0 Å². The van der Waals surface area contributed by atoms with E-state index in [1.54, 1.807) is 0 Å². The number of rotatable bonds is 1. The fourth-order valence-electron chi connectivity index (χ4n) is 1.65. The molecular formula is C8H15. The van der Waals surface area contributed by atoms with E-state index in [0.29, 0.717) is 0 Å². The molecule has 0 aromatic heterocycles. The van der Waals surface area contributed by atoms with Gasteiger partial charge in [-0.25, -0.2) is 0 Å². The van der Waals surface area contributed by atoms with Crippen molar-refractivity contribution in [3.05, 3.63) is 6.92 Å². The first kappa shape index (κ1) is 6.12. The van der Waals surface area contributed by atoms with Crippen molar-refractivity contribution < 1.29 is 0 Å². The summed E-state index contributed by atoms with van der Waals surface area (Å²) in [5.74, 6) is 1.73. The highest BCUT2D eigenvalue weighted by Gasteiger charge is 2.20. The fraction of sp³-hybridized carbons (Fsp3) is 0.875. The molecule has 0 heterocycles. The Morgan fingerprint density at radius 1 is 1.50 bits per heavy atom. The van der Waals surface area contributed by atoms with E-state index in [-0.39, 0.29) is 0 Å². The highest BCUT2D eigenvalue weighted by atomic mass is 14.3. The van der Waals surface area contributed by atoms with Crippen LogP contribution in [-0.4, -0.2) is 0 Å². The lowest BCUT2D eigenvalue weighted by Crippen LogP contribution is -2.00. The standard InChI is InChI=1S/C8H15/c1-3-8-6-4-5-7(8)2/h7-8H,2-6H2,1H3. The van der Waals surface area contributed by atoms with E-state index in [2.05, 4.69) is 13.8 Å². The van der Waals surface area contributed by atoms with Crippen LogP contribution in [0.4, 0.5) is 0 Å². The second-order valence-corrected chi connectivity index (χ2v) is 2.86. The molecule has 2 atom stereocenters. The second-order valence-electron chi connectivity index (χ2n) is 2.86. The molecule has 2 unspecified atom stereocenters. The van der Waals surface area contributed by atoms with E-state index in [4.69, 9.17) is 0 Å². The van der Waals surface area contributed by atoms with Crippen molar-refractivity contribution in [3.63, 3.8) is 0 Å². The molecule has 0 aliphatic heterocycles. The summed E-state index contributed by atoms with van der Waals surface area (Å²) in [5, 5.41) is 0. The summed E-state index contributed by atoms with van der Waals surface area (Å²) in [6.45, 7) is 6.36. The van der Waals surface area contributed by atoms with Crippen LogP contribution in [0.1, 0.15) is 32.6 Å². The zero-order chi connectivity index (χ0) is 5.98. The van der Waals surface area contributed by atoms with Crippen molar-refractivity contribution in [1.29, 1.82) is 0 Å². The average molecular weight is 111 g/mol. The Kier molecular flexibility index (Phi) is 1.93. The molecule has 8 heavy (non-hydrogen) atoms. The van der Waals surface area contributed by atoms with E-state index in [1.807, 2.05) is 0 Å². The van der Waals surface area contributed by atoms with Crippen LogP contribution in [0.25, 0.3) is 0 Å². The van der Waals surface area contributed by atoms with Gasteiger partial charge >= 0.3 is 0 Å². The predicted molar refractivity (Wildman–Crippen MR) is 36.5 cm³/mol. The molecule has 0 spiro atoms. The van der Waals surface area contributed by atoms with E-state index in [9.17, 15) is 0 Å². The van der Waals surface area contributed by atoms with Gasteiger partial charge in [-0.3, -0.25) is 0 Å². The minimum atomic E-state index is 0.778. The van der Waals surface area contributed by atoms with E-state index >= 15 is 0 Å². The molecule has 1 aliphatic rings. The van der Waals surface area contributed by atoms with Crippen molar-refractivity contribution in [1.82, 2.24) is 0 Å². The van der Waals surface area contributed by atoms with Crippen LogP contribution in [0, 0.1) is 18.8 Å². The van der Waals surface area contributed by atoms with Gasteiger partial charge in [0.25, 0.3) is 0 Å². The topological polar surface area (TPSA) is 0 Å². The SMILES string of the molecule is [CH2]C1CCCC1CC. The van der Waals surface area contributed by atoms with Crippen LogP contribution in [0.3, 0.4) is 0 Å². The number of hydrogen-bond acceptors (Lipinski definition) is 0. The van der Waals surface area contributed by atoms with E-state index in [0.717, 1.165) is 11.8 Å². The molecule has 1 fully saturated rings. The summed E-state index contributed by atoms with van der Waals surface area (Å²) in [6, 6.07) is 0. The quantitative estimate of drug-likeness (QED) is 0.488. The van der Waals surface area contributed by atoms with Crippen molar-refractivity contribution >= 4 is 0 Å². The molecule has 0 bridgehead atoms. The Labute approximate surface area is 52.3 Å². The fourth-order valence-corrected chi connectivity index (χ4v) is 1.65. The van der Waals surface area contributed by atoms with E-state index in [1.165, 1.54) is 25.7 Å². The second kappa shape index (κ2) is 2.52. The Balaban J connectivity index is 2.30. The molecule has 1 rings (SSSR count). The number of hydrogen-bond donors (Lipinski definition) is 0. The monoisotopic (exact) mass is 111 g/mol. The molecule has 0 aromatic rings. The largest absolute Gasteiger partial charge is 0.0651 e. The summed E-state index contributed by atoms with van der Waals surface area (Å²) < 4.78 is 0. The van der Waals surface area contributed by atoms with Crippen molar-refractivity contribution in [3.8, 4) is 0 Å². The predicted octanol–water partition coefficient (Wildman–Crippen LogP) is 2.65. The van der Waals surface area contributed by atoms with Gasteiger partial charge < -0.3 is 0 Å². The van der Waals surface area contributed by atoms with Gasteiger partial charge in [-0.2, -0.15) is 0 Å². The Bertz CT molecular complexity index is 66.4. The summed E-state index contributed by atoms with van der Waals surface area (Å²) in [7, 11) is 0. The van der Waals surface area contributed by atoms with Gasteiger partial charge in [-0.1, -0.05) is 32.6 Å². The van der Waals surface area contributed by atoms with Crippen LogP contribution in [-0.2, 0) is 0 Å². The van der Waals surface area contributed by atoms with Crippen molar-refractivity contribution in [2.75, 3.05) is 0 Å². The summed E-state index contributed by atoms with van der Waals surface area (Å²) in [5.41, 5.74) is 0. The summed E-state index contributed by atoms with van der Waals surface area (Å²) >= 11 is 0. The van der Waals surface area contributed by atoms with E-state index < -0.39 is 0 Å². The van der Waals surface area contributed by atoms with Gasteiger partial charge in [-0.05, 0) is 18.8 Å². The third-order valence-corrected chi connectivity index (χ3v) is 2.34. The first-order valence-corrected chi connectivity index (χ1v) is 3.67. The maximum absolute atomic E-state index is 4.09.